The summed E-state index contributed by atoms with van der Waals surface area (Å²) in [6.45, 7) is 0. The summed E-state index contributed by atoms with van der Waals surface area (Å²) < 4.78 is 13.5. The van der Waals surface area contributed by atoms with Crippen LogP contribution in [0.15, 0.2) is 36.5 Å². The fourth-order valence-corrected chi connectivity index (χ4v) is 1.40. The molecule has 4 heteroatoms. The zero-order valence-electron chi connectivity index (χ0n) is 8.31. The minimum absolute atomic E-state index is 0.200. The van der Waals surface area contributed by atoms with Crippen LogP contribution in [0.5, 0.6) is 0 Å². The van der Waals surface area contributed by atoms with Gasteiger partial charge in [-0.15, -0.1) is 0 Å². The van der Waals surface area contributed by atoms with Gasteiger partial charge in [0.15, 0.2) is 5.82 Å². The van der Waals surface area contributed by atoms with E-state index in [0.29, 0.717) is 11.1 Å². The predicted octanol–water partition coefficient (Wildman–Crippen LogP) is 2.34. The largest absolute Gasteiger partial charge is 0.397 e. The zero-order valence-corrected chi connectivity index (χ0v) is 8.31. The maximum atomic E-state index is 13.5. The van der Waals surface area contributed by atoms with Crippen molar-refractivity contribution in [1.29, 1.82) is 5.26 Å². The molecule has 0 aliphatic rings. The van der Waals surface area contributed by atoms with Gasteiger partial charge in [0.05, 0.1) is 23.5 Å². The number of nitrogens with two attached hydrogens (primary N) is 1. The number of anilines is 1. The lowest BCUT2D eigenvalue weighted by Crippen LogP contribution is -1.93. The van der Waals surface area contributed by atoms with Crippen molar-refractivity contribution in [3.63, 3.8) is 0 Å². The van der Waals surface area contributed by atoms with Crippen LogP contribution >= 0.6 is 0 Å². The standard InChI is InChI=1S/C12H8FN3/c13-11-5-10(15)7-16-12(11)9-3-1-2-8(4-9)6-14/h1-5,7H,15H2. The minimum atomic E-state index is -0.491. The molecule has 0 bridgehead atoms. The van der Waals surface area contributed by atoms with Crippen molar-refractivity contribution in [2.45, 2.75) is 0 Å². The molecule has 16 heavy (non-hydrogen) atoms. The first-order chi connectivity index (χ1) is 7.70. The predicted molar refractivity (Wildman–Crippen MR) is 58.8 cm³/mol. The lowest BCUT2D eigenvalue weighted by molar-refractivity contribution is 0.626. The highest BCUT2D eigenvalue weighted by atomic mass is 19.1. The molecule has 0 unspecified atom stereocenters. The SMILES string of the molecule is N#Cc1cccc(-c2ncc(N)cc2F)c1. The number of rotatable bonds is 1. The lowest BCUT2D eigenvalue weighted by Gasteiger charge is -2.03. The van der Waals surface area contributed by atoms with Gasteiger partial charge in [0, 0.05) is 11.6 Å². The topological polar surface area (TPSA) is 62.7 Å². The lowest BCUT2D eigenvalue weighted by atomic mass is 10.1. The normalized spacial score (nSPS) is 9.75. The Bertz CT molecular complexity index is 573. The molecule has 1 aromatic carbocycles. The van der Waals surface area contributed by atoms with E-state index in [1.54, 1.807) is 24.3 Å². The number of hydrogen-bond acceptors (Lipinski definition) is 3. The van der Waals surface area contributed by atoms with E-state index >= 15 is 0 Å². The molecule has 0 saturated carbocycles. The molecule has 0 amide bonds. The van der Waals surface area contributed by atoms with E-state index in [1.807, 2.05) is 6.07 Å². The van der Waals surface area contributed by atoms with Gasteiger partial charge in [0.2, 0.25) is 0 Å². The number of pyridine rings is 1. The summed E-state index contributed by atoms with van der Waals surface area (Å²) in [6, 6.07) is 9.82. The van der Waals surface area contributed by atoms with Crippen molar-refractivity contribution in [3.8, 4) is 17.3 Å². The molecule has 0 aliphatic carbocycles. The van der Waals surface area contributed by atoms with Crippen molar-refractivity contribution in [3.05, 3.63) is 47.9 Å². The van der Waals surface area contributed by atoms with Gasteiger partial charge in [-0.1, -0.05) is 12.1 Å². The summed E-state index contributed by atoms with van der Waals surface area (Å²) in [6.07, 6.45) is 1.39. The molecule has 0 aliphatic heterocycles. The van der Waals surface area contributed by atoms with Crippen molar-refractivity contribution < 1.29 is 4.39 Å². The third-order valence-corrected chi connectivity index (χ3v) is 2.13. The second-order valence-corrected chi connectivity index (χ2v) is 3.29. The van der Waals surface area contributed by atoms with Gasteiger partial charge in [0.25, 0.3) is 0 Å². The highest BCUT2D eigenvalue weighted by Gasteiger charge is 2.07. The summed E-state index contributed by atoms with van der Waals surface area (Å²) in [5, 5.41) is 8.74. The number of nitrogen functional groups attached to an aromatic ring is 1. The molecule has 0 spiro atoms. The molecule has 1 aromatic heterocycles. The molecule has 2 N–H and O–H groups in total. The van der Waals surface area contributed by atoms with Crippen LogP contribution in [-0.2, 0) is 0 Å². The minimum Gasteiger partial charge on any atom is -0.397 e. The number of hydrogen-bond donors (Lipinski definition) is 1. The van der Waals surface area contributed by atoms with Gasteiger partial charge in [-0.3, -0.25) is 4.98 Å². The first-order valence-corrected chi connectivity index (χ1v) is 4.62. The van der Waals surface area contributed by atoms with Gasteiger partial charge in [0.1, 0.15) is 5.69 Å². The van der Waals surface area contributed by atoms with Gasteiger partial charge < -0.3 is 5.73 Å². The van der Waals surface area contributed by atoms with E-state index in [0.717, 1.165) is 0 Å². The smallest absolute Gasteiger partial charge is 0.151 e. The van der Waals surface area contributed by atoms with Crippen LogP contribution in [-0.4, -0.2) is 4.98 Å². The molecule has 0 fully saturated rings. The number of aromatic nitrogens is 1. The third kappa shape index (κ3) is 1.84. The maximum Gasteiger partial charge on any atom is 0.151 e. The Kier molecular flexibility index (Phi) is 2.52. The first kappa shape index (κ1) is 10.1. The molecule has 0 atom stereocenters. The van der Waals surface area contributed by atoms with E-state index in [1.165, 1.54) is 12.3 Å². The van der Waals surface area contributed by atoms with E-state index < -0.39 is 5.82 Å². The molecular formula is C12H8FN3. The molecule has 3 nitrogen and oxygen atoms in total. The van der Waals surface area contributed by atoms with Crippen LogP contribution in [0.3, 0.4) is 0 Å². The molecule has 78 valence electrons. The van der Waals surface area contributed by atoms with Gasteiger partial charge >= 0.3 is 0 Å². The van der Waals surface area contributed by atoms with Crippen LogP contribution in [0.4, 0.5) is 10.1 Å². The van der Waals surface area contributed by atoms with Crippen LogP contribution in [0.1, 0.15) is 5.56 Å². The molecule has 0 saturated heterocycles. The molecular weight excluding hydrogens is 205 g/mol. The first-order valence-electron chi connectivity index (χ1n) is 4.62. The fourth-order valence-electron chi connectivity index (χ4n) is 1.40. The Hall–Kier alpha value is -2.41. The van der Waals surface area contributed by atoms with Gasteiger partial charge in [-0.2, -0.15) is 5.26 Å². The highest BCUT2D eigenvalue weighted by Crippen LogP contribution is 2.22. The van der Waals surface area contributed by atoms with Gasteiger partial charge in [-0.05, 0) is 12.1 Å². The molecule has 2 rings (SSSR count). The fraction of sp³-hybridized carbons (Fsp3) is 0. The quantitative estimate of drug-likeness (QED) is 0.790. The Morgan fingerprint density at radius 2 is 2.12 bits per heavy atom. The maximum absolute atomic E-state index is 13.5. The average molecular weight is 213 g/mol. The molecule has 2 aromatic rings. The zero-order chi connectivity index (χ0) is 11.5. The van der Waals surface area contributed by atoms with E-state index in [2.05, 4.69) is 4.98 Å². The highest BCUT2D eigenvalue weighted by molar-refractivity contribution is 5.63. The van der Waals surface area contributed by atoms with Crippen molar-refractivity contribution in [1.82, 2.24) is 4.98 Å². The number of halogens is 1. The van der Waals surface area contributed by atoms with Crippen molar-refractivity contribution >= 4 is 5.69 Å². The Balaban J connectivity index is 2.55. The average Bonchev–Trinajstić information content (AvgIpc) is 2.29. The van der Waals surface area contributed by atoms with E-state index in [4.69, 9.17) is 11.0 Å². The van der Waals surface area contributed by atoms with Crippen LogP contribution in [0, 0.1) is 17.1 Å². The summed E-state index contributed by atoms with van der Waals surface area (Å²) in [4.78, 5) is 3.91. The second-order valence-electron chi connectivity index (χ2n) is 3.29. The number of benzene rings is 1. The molecule has 0 radical (unpaired) electrons. The Labute approximate surface area is 92.0 Å². The number of nitriles is 1. The summed E-state index contributed by atoms with van der Waals surface area (Å²) >= 11 is 0. The monoisotopic (exact) mass is 213 g/mol. The third-order valence-electron chi connectivity index (χ3n) is 2.13. The Morgan fingerprint density at radius 3 is 2.81 bits per heavy atom. The molecule has 1 heterocycles. The Morgan fingerprint density at radius 1 is 1.31 bits per heavy atom. The van der Waals surface area contributed by atoms with Crippen LogP contribution < -0.4 is 5.73 Å². The summed E-state index contributed by atoms with van der Waals surface area (Å²) in [5.74, 6) is -0.491. The second kappa shape index (κ2) is 3.99. The van der Waals surface area contributed by atoms with Crippen molar-refractivity contribution in [2.24, 2.45) is 0 Å². The van der Waals surface area contributed by atoms with Crippen LogP contribution in [0.25, 0.3) is 11.3 Å². The van der Waals surface area contributed by atoms with Crippen LogP contribution in [0.2, 0.25) is 0 Å². The van der Waals surface area contributed by atoms with E-state index in [-0.39, 0.29) is 11.4 Å². The number of nitrogens with zero attached hydrogens (tertiary/aromatic N) is 2. The summed E-state index contributed by atoms with van der Waals surface area (Å²) in [5.41, 5.74) is 6.92. The summed E-state index contributed by atoms with van der Waals surface area (Å²) in [7, 11) is 0. The van der Waals surface area contributed by atoms with E-state index in [9.17, 15) is 4.39 Å². The van der Waals surface area contributed by atoms with Gasteiger partial charge in [-0.25, -0.2) is 4.39 Å². The van der Waals surface area contributed by atoms with Crippen molar-refractivity contribution in [2.75, 3.05) is 5.73 Å².